The van der Waals surface area contributed by atoms with Gasteiger partial charge in [0.05, 0.1) is 12.7 Å². The molecule has 5 fully saturated rings. The molecule has 4 heteroatoms. The van der Waals surface area contributed by atoms with Crippen molar-refractivity contribution in [1.82, 2.24) is 0 Å². The number of aliphatic hydroxyl groups is 3. The van der Waals surface area contributed by atoms with Gasteiger partial charge in [0.2, 0.25) is 0 Å². The zero-order chi connectivity index (χ0) is 29.3. The second-order valence-electron chi connectivity index (χ2n) is 17.4. The first kappa shape index (κ1) is 31.3. The molecule has 0 spiro atoms. The fourth-order valence-electron chi connectivity index (χ4n) is 13.4. The predicted molar refractivity (Wildman–Crippen MR) is 163 cm³/mol. The molecule has 3 unspecified atom stereocenters. The highest BCUT2D eigenvalue weighted by molar-refractivity contribution is 5.19. The van der Waals surface area contributed by atoms with E-state index in [4.69, 9.17) is 4.74 Å². The van der Waals surface area contributed by atoms with E-state index in [1.165, 1.54) is 77.7 Å². The third-order valence-corrected chi connectivity index (χ3v) is 15.5. The van der Waals surface area contributed by atoms with Crippen molar-refractivity contribution in [3.63, 3.8) is 0 Å². The van der Waals surface area contributed by atoms with E-state index in [0.29, 0.717) is 45.3 Å². The first-order valence-corrected chi connectivity index (χ1v) is 17.2. The molecular formula is C36H64O4. The second kappa shape index (κ2) is 10.8. The Labute approximate surface area is 246 Å². The number of aliphatic hydroxyl groups excluding tert-OH is 3. The number of hydrogen-bond donors (Lipinski definition) is 3. The van der Waals surface area contributed by atoms with Crippen LogP contribution in [0.5, 0.6) is 0 Å². The van der Waals surface area contributed by atoms with Crippen LogP contribution in [-0.4, -0.2) is 47.3 Å². The Hall–Kier alpha value is -0.160. The van der Waals surface area contributed by atoms with Crippen LogP contribution in [0, 0.1) is 62.6 Å². The Morgan fingerprint density at radius 3 is 1.95 bits per heavy atom. The molecule has 0 aromatic rings. The van der Waals surface area contributed by atoms with E-state index >= 15 is 0 Å². The van der Waals surface area contributed by atoms with Crippen LogP contribution in [0.25, 0.3) is 0 Å². The first-order valence-electron chi connectivity index (χ1n) is 17.2. The molecule has 0 saturated heterocycles. The molecule has 4 nitrogen and oxygen atoms in total. The Morgan fingerprint density at radius 1 is 0.675 bits per heavy atom. The van der Waals surface area contributed by atoms with E-state index < -0.39 is 18.3 Å². The Bertz CT molecular complexity index is 903. The van der Waals surface area contributed by atoms with Crippen LogP contribution in [0.3, 0.4) is 0 Å². The van der Waals surface area contributed by atoms with Crippen LogP contribution < -0.4 is 0 Å². The van der Waals surface area contributed by atoms with Crippen molar-refractivity contribution >= 4 is 0 Å². The van der Waals surface area contributed by atoms with E-state index in [0.717, 1.165) is 30.1 Å². The maximum atomic E-state index is 10.6. The lowest BCUT2D eigenvalue weighted by Gasteiger charge is -2.73. The SMILES string of the molecule is COCC(O)C(O)C(O)CC[C@@H](C)[C@H]1CC[C@]2(C)[C@H]3CC[C@@H]4[C@@]5(C)CCCC(C)(C)[C@@H]5CC[C@@]4(C)[C@]3(C)CC[C@@H]12. The van der Waals surface area contributed by atoms with E-state index in [1.54, 1.807) is 0 Å². The van der Waals surface area contributed by atoms with Crippen LogP contribution in [0.1, 0.15) is 132 Å². The molecule has 0 aliphatic heterocycles. The van der Waals surface area contributed by atoms with Crippen molar-refractivity contribution in [1.29, 1.82) is 0 Å². The van der Waals surface area contributed by atoms with Gasteiger partial charge in [0.15, 0.2) is 0 Å². The summed E-state index contributed by atoms with van der Waals surface area (Å²) < 4.78 is 4.96. The average molecular weight is 561 g/mol. The van der Waals surface area contributed by atoms with Crippen molar-refractivity contribution in [2.24, 2.45) is 62.6 Å². The Morgan fingerprint density at radius 2 is 1.30 bits per heavy atom. The third-order valence-electron chi connectivity index (χ3n) is 15.5. The van der Waals surface area contributed by atoms with Crippen LogP contribution in [0.2, 0.25) is 0 Å². The molecule has 0 radical (unpaired) electrons. The predicted octanol–water partition coefficient (Wildman–Crippen LogP) is 7.62. The highest BCUT2D eigenvalue weighted by Crippen LogP contribution is 2.78. The minimum atomic E-state index is -1.14. The molecule has 5 aliphatic carbocycles. The Balaban J connectivity index is 1.30. The number of ether oxygens (including phenoxy) is 1. The molecule has 232 valence electrons. The summed E-state index contributed by atoms with van der Waals surface area (Å²) in [4.78, 5) is 0. The van der Waals surface area contributed by atoms with E-state index in [-0.39, 0.29) is 6.61 Å². The van der Waals surface area contributed by atoms with Gasteiger partial charge in [-0.05, 0) is 140 Å². The lowest BCUT2D eigenvalue weighted by molar-refractivity contribution is -0.241. The zero-order valence-electron chi connectivity index (χ0n) is 27.3. The van der Waals surface area contributed by atoms with Crippen molar-refractivity contribution in [3.8, 4) is 0 Å². The standard InChI is InChI=1S/C36H64O4/c1-23(10-11-26(37)31(39)27(38)22-40-8)24-14-19-33(4)25(24)15-20-35(6)29(33)12-13-30-34(5)18-9-17-32(2,3)28(34)16-21-36(30,35)7/h23-31,37-39H,9-22H2,1-8H3/t23-,24-,25+,26?,27?,28+,29-,30-,31?,33+,34+,35-,36-/m1/s1. The second-order valence-corrected chi connectivity index (χ2v) is 17.4. The number of hydrogen-bond acceptors (Lipinski definition) is 4. The third kappa shape index (κ3) is 4.58. The van der Waals surface area contributed by atoms with Crippen molar-refractivity contribution in [2.75, 3.05) is 13.7 Å². The lowest BCUT2D eigenvalue weighted by atomic mass is 9.32. The highest BCUT2D eigenvalue weighted by Gasteiger charge is 2.70. The number of methoxy groups -OCH3 is 1. The molecule has 0 aromatic carbocycles. The minimum absolute atomic E-state index is 0.0499. The van der Waals surface area contributed by atoms with Gasteiger partial charge in [0.25, 0.3) is 0 Å². The molecular weight excluding hydrogens is 496 g/mol. The Kier molecular flexibility index (Phi) is 8.42. The maximum absolute atomic E-state index is 10.6. The summed E-state index contributed by atoms with van der Waals surface area (Å²) in [6.45, 7) is 18.5. The summed E-state index contributed by atoms with van der Waals surface area (Å²) in [5.74, 6) is 4.61. The summed E-state index contributed by atoms with van der Waals surface area (Å²) in [6, 6.07) is 0. The van der Waals surface area contributed by atoms with Gasteiger partial charge < -0.3 is 20.1 Å². The molecule has 5 rings (SSSR count). The van der Waals surface area contributed by atoms with Crippen molar-refractivity contribution < 1.29 is 20.1 Å². The van der Waals surface area contributed by atoms with Gasteiger partial charge in [0, 0.05) is 7.11 Å². The maximum Gasteiger partial charge on any atom is 0.108 e. The zero-order valence-corrected chi connectivity index (χ0v) is 27.3. The molecule has 0 bridgehead atoms. The number of rotatable bonds is 8. The summed E-state index contributed by atoms with van der Waals surface area (Å²) >= 11 is 0. The van der Waals surface area contributed by atoms with Crippen LogP contribution in [0.15, 0.2) is 0 Å². The van der Waals surface area contributed by atoms with Crippen molar-refractivity contribution in [3.05, 3.63) is 0 Å². The molecule has 0 heterocycles. The molecule has 0 aromatic heterocycles. The van der Waals surface area contributed by atoms with Gasteiger partial charge in [-0.1, -0.05) is 54.9 Å². The average Bonchev–Trinajstić information content (AvgIpc) is 3.23. The van der Waals surface area contributed by atoms with Crippen LogP contribution in [-0.2, 0) is 4.74 Å². The smallest absolute Gasteiger partial charge is 0.108 e. The first-order chi connectivity index (χ1) is 18.7. The summed E-state index contributed by atoms with van der Waals surface area (Å²) in [7, 11) is 1.51. The van der Waals surface area contributed by atoms with Gasteiger partial charge in [-0.15, -0.1) is 0 Å². The van der Waals surface area contributed by atoms with Gasteiger partial charge in [-0.25, -0.2) is 0 Å². The topological polar surface area (TPSA) is 69.9 Å². The van der Waals surface area contributed by atoms with Crippen LogP contribution >= 0.6 is 0 Å². The summed E-state index contributed by atoms with van der Waals surface area (Å²) in [5.41, 5.74) is 2.32. The van der Waals surface area contributed by atoms with Gasteiger partial charge in [-0.2, -0.15) is 0 Å². The number of fused-ring (bicyclic) bond motifs is 7. The van der Waals surface area contributed by atoms with E-state index in [2.05, 4.69) is 48.5 Å². The molecule has 5 saturated carbocycles. The fourth-order valence-corrected chi connectivity index (χ4v) is 13.4. The largest absolute Gasteiger partial charge is 0.390 e. The fraction of sp³-hybridized carbons (Fsp3) is 1.00. The van der Waals surface area contributed by atoms with Gasteiger partial charge >= 0.3 is 0 Å². The quantitative estimate of drug-likeness (QED) is 0.286. The molecule has 5 aliphatic rings. The van der Waals surface area contributed by atoms with E-state index in [1.807, 2.05) is 0 Å². The van der Waals surface area contributed by atoms with Crippen molar-refractivity contribution in [2.45, 2.75) is 150 Å². The summed E-state index contributed by atoms with van der Waals surface area (Å²) in [5, 5.41) is 31.0. The minimum Gasteiger partial charge on any atom is -0.390 e. The summed E-state index contributed by atoms with van der Waals surface area (Å²) in [6.07, 6.45) is 13.8. The lowest BCUT2D eigenvalue weighted by Crippen LogP contribution is -2.65. The van der Waals surface area contributed by atoms with E-state index in [9.17, 15) is 15.3 Å². The van der Waals surface area contributed by atoms with Gasteiger partial charge in [0.1, 0.15) is 12.2 Å². The molecule has 13 atom stereocenters. The molecule has 40 heavy (non-hydrogen) atoms. The molecule has 3 N–H and O–H groups in total. The normalized spacial score (nSPS) is 49.1. The van der Waals surface area contributed by atoms with Crippen LogP contribution in [0.4, 0.5) is 0 Å². The van der Waals surface area contributed by atoms with Gasteiger partial charge in [-0.3, -0.25) is 0 Å². The molecule has 0 amide bonds. The highest BCUT2D eigenvalue weighted by atomic mass is 16.5. The monoisotopic (exact) mass is 560 g/mol.